The zero-order valence-electron chi connectivity index (χ0n) is 13.9. The number of nitrogens with zero attached hydrogens (tertiary/aromatic N) is 1. The van der Waals surface area contributed by atoms with Crippen molar-refractivity contribution < 1.29 is 9.72 Å². The Hall–Kier alpha value is -1.95. The van der Waals surface area contributed by atoms with E-state index in [4.69, 9.17) is 0 Å². The number of hydrogen-bond acceptors (Lipinski definition) is 4. The lowest BCUT2D eigenvalue weighted by Gasteiger charge is -2.22. The maximum absolute atomic E-state index is 12.4. The van der Waals surface area contributed by atoms with E-state index in [1.807, 2.05) is 0 Å². The molecule has 1 aromatic carbocycles. The summed E-state index contributed by atoms with van der Waals surface area (Å²) in [6.07, 6.45) is 7.98. The van der Waals surface area contributed by atoms with Crippen LogP contribution in [-0.2, 0) is 6.54 Å². The van der Waals surface area contributed by atoms with Crippen LogP contribution in [0.1, 0.15) is 60.9 Å². The SMILES string of the molecule is O=C(NC1CCCCC1)c1ccc(CNCC2CC2)c([N+](=O)[O-])c1. The van der Waals surface area contributed by atoms with Gasteiger partial charge in [-0.1, -0.05) is 25.3 Å². The highest BCUT2D eigenvalue weighted by molar-refractivity contribution is 5.95. The van der Waals surface area contributed by atoms with Crippen molar-refractivity contribution in [2.45, 2.75) is 57.5 Å². The summed E-state index contributed by atoms with van der Waals surface area (Å²) in [5.41, 5.74) is 1.03. The first kappa shape index (κ1) is 16.9. The van der Waals surface area contributed by atoms with E-state index in [9.17, 15) is 14.9 Å². The van der Waals surface area contributed by atoms with Gasteiger partial charge in [-0.05, 0) is 44.2 Å². The summed E-state index contributed by atoms with van der Waals surface area (Å²) in [7, 11) is 0. The first-order valence-corrected chi connectivity index (χ1v) is 8.92. The minimum Gasteiger partial charge on any atom is -0.349 e. The van der Waals surface area contributed by atoms with Gasteiger partial charge in [-0.15, -0.1) is 0 Å². The van der Waals surface area contributed by atoms with E-state index in [0.717, 1.165) is 38.1 Å². The van der Waals surface area contributed by atoms with Crippen molar-refractivity contribution in [3.63, 3.8) is 0 Å². The minimum absolute atomic E-state index is 0.0228. The standard InChI is InChI=1S/C18H25N3O3/c22-18(20-16-4-2-1-3-5-16)14-8-9-15(17(10-14)21(23)24)12-19-11-13-6-7-13/h8-10,13,16,19H,1-7,11-12H2,(H,20,22). The molecule has 0 radical (unpaired) electrons. The highest BCUT2D eigenvalue weighted by Crippen LogP contribution is 2.28. The molecule has 0 bridgehead atoms. The summed E-state index contributed by atoms with van der Waals surface area (Å²) in [5, 5.41) is 17.6. The van der Waals surface area contributed by atoms with E-state index < -0.39 is 4.92 Å². The maximum Gasteiger partial charge on any atom is 0.274 e. The normalized spacial score (nSPS) is 18.3. The first-order valence-electron chi connectivity index (χ1n) is 8.92. The summed E-state index contributed by atoms with van der Waals surface area (Å²) in [6, 6.07) is 5.00. The molecule has 1 aromatic rings. The highest BCUT2D eigenvalue weighted by atomic mass is 16.6. The molecule has 1 amide bonds. The number of nitrogens with one attached hydrogen (secondary N) is 2. The molecular formula is C18H25N3O3. The lowest BCUT2D eigenvalue weighted by atomic mass is 9.95. The summed E-state index contributed by atoms with van der Waals surface area (Å²) >= 11 is 0. The third-order valence-corrected chi connectivity index (χ3v) is 4.93. The Bertz CT molecular complexity index is 608. The molecule has 0 heterocycles. The van der Waals surface area contributed by atoms with Crippen LogP contribution in [0.4, 0.5) is 5.69 Å². The van der Waals surface area contributed by atoms with Gasteiger partial charge in [-0.3, -0.25) is 14.9 Å². The molecule has 2 N–H and O–H groups in total. The van der Waals surface area contributed by atoms with Crippen LogP contribution in [0.25, 0.3) is 0 Å². The number of carbonyl (C=O) groups is 1. The molecule has 0 aliphatic heterocycles. The topological polar surface area (TPSA) is 84.3 Å². The molecule has 0 saturated heterocycles. The number of hydrogen-bond donors (Lipinski definition) is 2. The fourth-order valence-electron chi connectivity index (χ4n) is 3.27. The Morgan fingerprint density at radius 2 is 1.92 bits per heavy atom. The van der Waals surface area contributed by atoms with Crippen LogP contribution >= 0.6 is 0 Å². The molecule has 0 unspecified atom stereocenters. The smallest absolute Gasteiger partial charge is 0.274 e. The molecule has 130 valence electrons. The first-order chi connectivity index (χ1) is 11.6. The van der Waals surface area contributed by atoms with E-state index >= 15 is 0 Å². The molecule has 6 heteroatoms. The lowest BCUT2D eigenvalue weighted by molar-refractivity contribution is -0.385. The second-order valence-electron chi connectivity index (χ2n) is 6.98. The molecule has 2 aliphatic carbocycles. The average Bonchev–Trinajstić information content (AvgIpc) is 3.40. The van der Waals surface area contributed by atoms with Crippen LogP contribution in [0, 0.1) is 16.0 Å². The van der Waals surface area contributed by atoms with Gasteiger partial charge in [0.15, 0.2) is 0 Å². The van der Waals surface area contributed by atoms with E-state index in [2.05, 4.69) is 10.6 Å². The number of amides is 1. The average molecular weight is 331 g/mol. The molecule has 24 heavy (non-hydrogen) atoms. The van der Waals surface area contributed by atoms with Crippen LogP contribution in [-0.4, -0.2) is 23.4 Å². The molecule has 0 atom stereocenters. The predicted octanol–water partition coefficient (Wildman–Crippen LogP) is 3.16. The molecule has 3 rings (SSSR count). The van der Waals surface area contributed by atoms with Crippen molar-refractivity contribution in [3.8, 4) is 0 Å². The number of rotatable bonds is 7. The van der Waals surface area contributed by atoms with Crippen LogP contribution in [0.3, 0.4) is 0 Å². The summed E-state index contributed by atoms with van der Waals surface area (Å²) < 4.78 is 0. The van der Waals surface area contributed by atoms with Gasteiger partial charge in [-0.2, -0.15) is 0 Å². The third kappa shape index (κ3) is 4.54. The quantitative estimate of drug-likeness (QED) is 0.594. The van der Waals surface area contributed by atoms with Gasteiger partial charge < -0.3 is 10.6 Å². The van der Waals surface area contributed by atoms with Crippen molar-refractivity contribution in [2.24, 2.45) is 5.92 Å². The van der Waals surface area contributed by atoms with Crippen LogP contribution in [0.15, 0.2) is 18.2 Å². The molecule has 0 aromatic heterocycles. The Morgan fingerprint density at radius 1 is 1.17 bits per heavy atom. The van der Waals surface area contributed by atoms with Gasteiger partial charge in [0.1, 0.15) is 0 Å². The third-order valence-electron chi connectivity index (χ3n) is 4.93. The van der Waals surface area contributed by atoms with Crippen molar-refractivity contribution in [1.29, 1.82) is 0 Å². The summed E-state index contributed by atoms with van der Waals surface area (Å²) in [6.45, 7) is 1.37. The van der Waals surface area contributed by atoms with Crippen LogP contribution < -0.4 is 10.6 Å². The van der Waals surface area contributed by atoms with Gasteiger partial charge in [0.2, 0.25) is 0 Å². The zero-order chi connectivity index (χ0) is 16.9. The maximum atomic E-state index is 12.4. The number of carbonyl (C=O) groups excluding carboxylic acids is 1. The van der Waals surface area contributed by atoms with Gasteiger partial charge in [0, 0.05) is 29.8 Å². The van der Waals surface area contributed by atoms with E-state index in [-0.39, 0.29) is 17.6 Å². The van der Waals surface area contributed by atoms with Crippen molar-refractivity contribution in [3.05, 3.63) is 39.4 Å². The fourth-order valence-corrected chi connectivity index (χ4v) is 3.27. The zero-order valence-corrected chi connectivity index (χ0v) is 13.9. The van der Waals surface area contributed by atoms with Crippen LogP contribution in [0.5, 0.6) is 0 Å². The molecule has 2 saturated carbocycles. The second-order valence-corrected chi connectivity index (χ2v) is 6.98. The largest absolute Gasteiger partial charge is 0.349 e. The fraction of sp³-hybridized carbons (Fsp3) is 0.611. The van der Waals surface area contributed by atoms with Gasteiger partial charge >= 0.3 is 0 Å². The molecule has 6 nitrogen and oxygen atoms in total. The number of nitro groups is 1. The highest BCUT2D eigenvalue weighted by Gasteiger charge is 2.22. The Balaban J connectivity index is 1.65. The van der Waals surface area contributed by atoms with Crippen molar-refractivity contribution >= 4 is 11.6 Å². The van der Waals surface area contributed by atoms with Crippen molar-refractivity contribution in [2.75, 3.05) is 6.54 Å². The summed E-state index contributed by atoms with van der Waals surface area (Å²) in [5.74, 6) is 0.520. The molecular weight excluding hydrogens is 306 g/mol. The molecule has 2 fully saturated rings. The second kappa shape index (κ2) is 7.75. The monoisotopic (exact) mass is 331 g/mol. The van der Waals surface area contributed by atoms with Gasteiger partial charge in [-0.25, -0.2) is 0 Å². The Morgan fingerprint density at radius 3 is 2.58 bits per heavy atom. The minimum atomic E-state index is -0.397. The molecule has 0 spiro atoms. The number of benzene rings is 1. The predicted molar refractivity (Wildman–Crippen MR) is 91.9 cm³/mol. The summed E-state index contributed by atoms with van der Waals surface area (Å²) in [4.78, 5) is 23.3. The van der Waals surface area contributed by atoms with Gasteiger partial charge in [0.05, 0.1) is 4.92 Å². The van der Waals surface area contributed by atoms with Gasteiger partial charge in [0.25, 0.3) is 11.6 Å². The number of nitro benzene ring substituents is 1. The van der Waals surface area contributed by atoms with E-state index in [0.29, 0.717) is 17.7 Å². The Kier molecular flexibility index (Phi) is 5.45. The van der Waals surface area contributed by atoms with E-state index in [1.165, 1.54) is 25.3 Å². The van der Waals surface area contributed by atoms with E-state index in [1.54, 1.807) is 12.1 Å². The van der Waals surface area contributed by atoms with Crippen molar-refractivity contribution in [1.82, 2.24) is 10.6 Å². The lowest BCUT2D eigenvalue weighted by Crippen LogP contribution is -2.36. The molecule has 2 aliphatic rings. The van der Waals surface area contributed by atoms with Crippen LogP contribution in [0.2, 0.25) is 0 Å². The Labute approximate surface area is 142 Å².